The highest BCUT2D eigenvalue weighted by Gasteiger charge is 2.35. The van der Waals surface area contributed by atoms with Crippen LogP contribution in [-0.4, -0.2) is 52.9 Å². The molecule has 0 bridgehead atoms. The van der Waals surface area contributed by atoms with Crippen molar-refractivity contribution >= 4 is 5.82 Å². The highest BCUT2D eigenvalue weighted by atomic mass is 15.3. The molecule has 0 spiro atoms. The molecule has 0 unspecified atom stereocenters. The summed E-state index contributed by atoms with van der Waals surface area (Å²) < 4.78 is 2.09. The molecule has 0 amide bonds. The van der Waals surface area contributed by atoms with Crippen molar-refractivity contribution in [1.29, 1.82) is 0 Å². The summed E-state index contributed by atoms with van der Waals surface area (Å²) in [5.41, 5.74) is 0. The van der Waals surface area contributed by atoms with Crippen molar-refractivity contribution in [2.45, 2.75) is 44.3 Å². The molecule has 0 aromatic carbocycles. The van der Waals surface area contributed by atoms with Gasteiger partial charge in [-0.15, -0.1) is 0 Å². The van der Waals surface area contributed by atoms with Crippen molar-refractivity contribution in [2.24, 2.45) is 5.92 Å². The molecule has 2 N–H and O–H groups in total. The highest BCUT2D eigenvalue weighted by Crippen LogP contribution is 2.27. The van der Waals surface area contributed by atoms with E-state index < -0.39 is 0 Å². The Balaban J connectivity index is 1.31. The van der Waals surface area contributed by atoms with Gasteiger partial charge >= 0.3 is 0 Å². The normalized spacial score (nSPS) is 33.5. The predicted octanol–water partition coefficient (Wildman–Crippen LogP) is 1.14. The second-order valence-corrected chi connectivity index (χ2v) is 6.55. The lowest BCUT2D eigenvalue weighted by molar-refractivity contribution is 0.178. The van der Waals surface area contributed by atoms with Crippen LogP contribution in [0, 0.1) is 5.92 Å². The van der Waals surface area contributed by atoms with Crippen molar-refractivity contribution in [3.63, 3.8) is 0 Å². The predicted molar refractivity (Wildman–Crippen MR) is 79.8 cm³/mol. The molecule has 2 fully saturated rings. The molecule has 20 heavy (non-hydrogen) atoms. The topological polar surface area (TPSA) is 45.1 Å². The van der Waals surface area contributed by atoms with Gasteiger partial charge in [0.15, 0.2) is 0 Å². The fraction of sp³-hybridized carbons (Fsp3) is 0.800. The zero-order valence-electron chi connectivity index (χ0n) is 12.1. The standard InChI is InChI=1S/C15H25N5/c1-2-7-19-8-5-13(14(19)3-1)16-9-12-10-17-15-4-6-18-20(15)11-12/h4,6,12-14,16-17H,1-3,5,7-11H2/t12-,13-,14+/m1/s1. The minimum atomic E-state index is 0.653. The summed E-state index contributed by atoms with van der Waals surface area (Å²) in [5, 5.41) is 11.7. The zero-order valence-corrected chi connectivity index (χ0v) is 12.1. The van der Waals surface area contributed by atoms with Gasteiger partial charge in [-0.25, -0.2) is 4.68 Å². The number of anilines is 1. The molecule has 1 aromatic rings. The van der Waals surface area contributed by atoms with Gasteiger partial charge in [0.05, 0.1) is 6.20 Å². The van der Waals surface area contributed by atoms with Crippen LogP contribution in [0.2, 0.25) is 0 Å². The van der Waals surface area contributed by atoms with Crippen LogP contribution < -0.4 is 10.6 Å². The first-order chi connectivity index (χ1) is 9.90. The number of piperidine rings is 1. The molecule has 2 saturated heterocycles. The monoisotopic (exact) mass is 275 g/mol. The Morgan fingerprint density at radius 1 is 1.30 bits per heavy atom. The van der Waals surface area contributed by atoms with Crippen LogP contribution in [0.25, 0.3) is 0 Å². The minimum absolute atomic E-state index is 0.653. The van der Waals surface area contributed by atoms with Crippen LogP contribution in [0.1, 0.15) is 25.7 Å². The second kappa shape index (κ2) is 5.37. The zero-order chi connectivity index (χ0) is 13.4. The van der Waals surface area contributed by atoms with Gasteiger partial charge in [0, 0.05) is 50.2 Å². The number of hydrogen-bond donors (Lipinski definition) is 2. The lowest BCUT2D eigenvalue weighted by Gasteiger charge is -2.33. The lowest BCUT2D eigenvalue weighted by Crippen LogP contribution is -2.47. The van der Waals surface area contributed by atoms with Gasteiger partial charge in [-0.1, -0.05) is 6.42 Å². The summed E-state index contributed by atoms with van der Waals surface area (Å²) in [4.78, 5) is 2.70. The fourth-order valence-electron chi connectivity index (χ4n) is 4.13. The maximum Gasteiger partial charge on any atom is 0.124 e. The van der Waals surface area contributed by atoms with E-state index in [0.29, 0.717) is 12.0 Å². The summed E-state index contributed by atoms with van der Waals surface area (Å²) >= 11 is 0. The number of fused-ring (bicyclic) bond motifs is 2. The smallest absolute Gasteiger partial charge is 0.124 e. The Labute approximate surface area is 120 Å². The van der Waals surface area contributed by atoms with Crippen LogP contribution >= 0.6 is 0 Å². The highest BCUT2D eigenvalue weighted by molar-refractivity contribution is 5.35. The first-order valence-corrected chi connectivity index (χ1v) is 8.13. The molecule has 0 saturated carbocycles. The molecule has 5 nitrogen and oxygen atoms in total. The van der Waals surface area contributed by atoms with E-state index in [0.717, 1.165) is 25.7 Å². The van der Waals surface area contributed by atoms with Gasteiger partial charge in [-0.05, 0) is 25.8 Å². The number of nitrogens with zero attached hydrogens (tertiary/aromatic N) is 3. The van der Waals surface area contributed by atoms with Crippen LogP contribution in [0.4, 0.5) is 5.82 Å². The lowest BCUT2D eigenvalue weighted by atomic mass is 9.98. The summed E-state index contributed by atoms with van der Waals surface area (Å²) in [6.45, 7) is 5.85. The number of nitrogens with one attached hydrogen (secondary N) is 2. The van der Waals surface area contributed by atoms with Gasteiger partial charge in [-0.3, -0.25) is 4.90 Å². The third-order valence-electron chi connectivity index (χ3n) is 5.24. The molecule has 4 rings (SSSR count). The van der Waals surface area contributed by atoms with Crippen LogP contribution in [0.3, 0.4) is 0 Å². The van der Waals surface area contributed by atoms with E-state index in [1.165, 1.54) is 44.6 Å². The summed E-state index contributed by atoms with van der Waals surface area (Å²) in [6.07, 6.45) is 7.43. The molecule has 1 aromatic heterocycles. The van der Waals surface area contributed by atoms with E-state index in [9.17, 15) is 0 Å². The minimum Gasteiger partial charge on any atom is -0.370 e. The van der Waals surface area contributed by atoms with E-state index in [2.05, 4.69) is 31.4 Å². The Kier molecular flexibility index (Phi) is 3.40. The molecule has 5 heteroatoms. The van der Waals surface area contributed by atoms with Crippen molar-refractivity contribution < 1.29 is 0 Å². The average Bonchev–Trinajstić information content (AvgIpc) is 3.11. The summed E-state index contributed by atoms with van der Waals surface area (Å²) in [5.74, 6) is 1.82. The largest absolute Gasteiger partial charge is 0.370 e. The molecular formula is C15H25N5. The SMILES string of the molecule is c1cc2n(n1)C[C@H](CN[C@@H]1CCN3CCCC[C@@H]13)CN2. The molecular weight excluding hydrogens is 250 g/mol. The van der Waals surface area contributed by atoms with Crippen molar-refractivity contribution in [3.05, 3.63) is 12.3 Å². The number of rotatable bonds is 3. The molecule has 3 aliphatic heterocycles. The Morgan fingerprint density at radius 2 is 2.30 bits per heavy atom. The van der Waals surface area contributed by atoms with E-state index in [-0.39, 0.29) is 0 Å². The van der Waals surface area contributed by atoms with E-state index in [1.807, 2.05) is 6.20 Å². The third kappa shape index (κ3) is 2.33. The third-order valence-corrected chi connectivity index (χ3v) is 5.24. The van der Waals surface area contributed by atoms with Gasteiger partial charge in [0.2, 0.25) is 0 Å². The van der Waals surface area contributed by atoms with Crippen molar-refractivity contribution in [1.82, 2.24) is 20.0 Å². The van der Waals surface area contributed by atoms with Gasteiger partial charge in [0.1, 0.15) is 5.82 Å². The van der Waals surface area contributed by atoms with Crippen LogP contribution in [0.15, 0.2) is 12.3 Å². The van der Waals surface area contributed by atoms with E-state index >= 15 is 0 Å². The number of hydrogen-bond acceptors (Lipinski definition) is 4. The average molecular weight is 275 g/mol. The number of aromatic nitrogens is 2. The molecule has 110 valence electrons. The summed E-state index contributed by atoms with van der Waals surface area (Å²) in [7, 11) is 0. The van der Waals surface area contributed by atoms with E-state index in [1.54, 1.807) is 0 Å². The Bertz CT molecular complexity index is 457. The van der Waals surface area contributed by atoms with E-state index in [4.69, 9.17) is 0 Å². The van der Waals surface area contributed by atoms with Gasteiger partial charge < -0.3 is 10.6 Å². The van der Waals surface area contributed by atoms with Crippen LogP contribution in [-0.2, 0) is 6.54 Å². The van der Waals surface area contributed by atoms with Gasteiger partial charge in [-0.2, -0.15) is 5.10 Å². The quantitative estimate of drug-likeness (QED) is 0.868. The van der Waals surface area contributed by atoms with Gasteiger partial charge in [0.25, 0.3) is 0 Å². The van der Waals surface area contributed by atoms with Crippen LogP contribution in [0.5, 0.6) is 0 Å². The van der Waals surface area contributed by atoms with Crippen molar-refractivity contribution in [3.8, 4) is 0 Å². The second-order valence-electron chi connectivity index (χ2n) is 6.55. The Hall–Kier alpha value is -1.07. The molecule has 3 atom stereocenters. The molecule has 0 radical (unpaired) electrons. The first kappa shape index (κ1) is 12.7. The maximum absolute atomic E-state index is 4.37. The molecule has 3 aliphatic rings. The summed E-state index contributed by atoms with van der Waals surface area (Å²) in [6, 6.07) is 3.58. The maximum atomic E-state index is 4.37. The van der Waals surface area contributed by atoms with Crippen molar-refractivity contribution in [2.75, 3.05) is 31.5 Å². The molecule has 0 aliphatic carbocycles. The first-order valence-electron chi connectivity index (χ1n) is 8.13. The molecule has 4 heterocycles. The fourth-order valence-corrected chi connectivity index (χ4v) is 4.13. The Morgan fingerprint density at radius 3 is 3.30 bits per heavy atom.